The number of hydrogen-bond acceptors (Lipinski definition) is 6. The average Bonchev–Trinajstić information content (AvgIpc) is 3.00. The van der Waals surface area contributed by atoms with Crippen molar-refractivity contribution in [2.75, 3.05) is 32.8 Å². The monoisotopic (exact) mass is 324 g/mol. The van der Waals surface area contributed by atoms with E-state index in [0.717, 1.165) is 38.3 Å². The van der Waals surface area contributed by atoms with Crippen LogP contribution in [0.5, 0.6) is 0 Å². The van der Waals surface area contributed by atoms with Gasteiger partial charge in [0.05, 0.1) is 10.6 Å². The molecule has 3 heterocycles. The van der Waals surface area contributed by atoms with Gasteiger partial charge >= 0.3 is 0 Å². The van der Waals surface area contributed by atoms with Crippen molar-refractivity contribution in [1.29, 1.82) is 0 Å². The van der Waals surface area contributed by atoms with Crippen molar-refractivity contribution in [2.45, 2.75) is 57.5 Å². The number of nitrogens with zero attached hydrogens (tertiary/aromatic N) is 3. The number of ether oxygens (including phenoxy) is 1. The molecule has 0 saturated carbocycles. The summed E-state index contributed by atoms with van der Waals surface area (Å²) in [5.41, 5.74) is 1.34. The highest BCUT2D eigenvalue weighted by Crippen LogP contribution is 2.31. The molecule has 2 fully saturated rings. The molecule has 3 rings (SSSR count). The zero-order chi connectivity index (χ0) is 15.4. The van der Waals surface area contributed by atoms with Crippen LogP contribution >= 0.6 is 11.5 Å². The highest BCUT2D eigenvalue weighted by atomic mass is 32.1. The molecule has 1 unspecified atom stereocenters. The Morgan fingerprint density at radius 2 is 2.00 bits per heavy atom. The van der Waals surface area contributed by atoms with Crippen LogP contribution in [0.3, 0.4) is 0 Å². The van der Waals surface area contributed by atoms with Gasteiger partial charge in [-0.3, -0.25) is 4.90 Å². The molecule has 124 valence electrons. The summed E-state index contributed by atoms with van der Waals surface area (Å²) in [6.45, 7) is 9.60. The molecule has 22 heavy (non-hydrogen) atoms. The zero-order valence-electron chi connectivity index (χ0n) is 13.8. The Morgan fingerprint density at radius 1 is 1.27 bits per heavy atom. The smallest absolute Gasteiger partial charge is 0.0772 e. The molecule has 1 atom stereocenters. The second kappa shape index (κ2) is 7.34. The van der Waals surface area contributed by atoms with E-state index in [9.17, 15) is 0 Å². The van der Waals surface area contributed by atoms with Gasteiger partial charge in [0.15, 0.2) is 0 Å². The Labute approximate surface area is 137 Å². The maximum Gasteiger partial charge on any atom is 0.0772 e. The lowest BCUT2D eigenvalue weighted by Gasteiger charge is -2.48. The number of hydrogen-bond donors (Lipinski definition) is 1. The molecule has 1 aromatic rings. The number of nitrogens with one attached hydrogen (secondary N) is 1. The van der Waals surface area contributed by atoms with Crippen LogP contribution in [0.1, 0.15) is 55.6 Å². The minimum absolute atomic E-state index is 0.277. The minimum atomic E-state index is 0.277. The first-order chi connectivity index (χ1) is 10.7. The molecule has 0 spiro atoms. The van der Waals surface area contributed by atoms with Gasteiger partial charge in [0, 0.05) is 31.3 Å². The van der Waals surface area contributed by atoms with Crippen LogP contribution in [0, 0.1) is 6.92 Å². The molecule has 2 saturated heterocycles. The van der Waals surface area contributed by atoms with Gasteiger partial charge < -0.3 is 10.1 Å². The van der Waals surface area contributed by atoms with E-state index in [2.05, 4.69) is 26.7 Å². The predicted molar refractivity (Wildman–Crippen MR) is 89.3 cm³/mol. The van der Waals surface area contributed by atoms with E-state index < -0.39 is 0 Å². The lowest BCUT2D eigenvalue weighted by Crippen LogP contribution is -2.59. The molecule has 0 amide bonds. The van der Waals surface area contributed by atoms with Crippen LogP contribution in [0.4, 0.5) is 0 Å². The maximum atomic E-state index is 5.64. The Morgan fingerprint density at radius 3 is 2.64 bits per heavy atom. The number of piperidine rings is 1. The molecule has 5 nitrogen and oxygen atoms in total. The lowest BCUT2D eigenvalue weighted by molar-refractivity contribution is -0.0366. The summed E-state index contributed by atoms with van der Waals surface area (Å²) in [5, 5.41) is 7.90. The van der Waals surface area contributed by atoms with Crippen molar-refractivity contribution in [3.05, 3.63) is 10.6 Å². The van der Waals surface area contributed by atoms with E-state index in [0.29, 0.717) is 6.04 Å². The van der Waals surface area contributed by atoms with Crippen LogP contribution in [0.15, 0.2) is 0 Å². The summed E-state index contributed by atoms with van der Waals surface area (Å²) < 4.78 is 9.71. The summed E-state index contributed by atoms with van der Waals surface area (Å²) in [6.07, 6.45) is 6.37. The van der Waals surface area contributed by atoms with Crippen LogP contribution < -0.4 is 5.32 Å². The number of likely N-dealkylation sites (tertiary alicyclic amines) is 1. The van der Waals surface area contributed by atoms with Crippen molar-refractivity contribution in [3.8, 4) is 0 Å². The Hall–Kier alpha value is -0.560. The molecule has 2 aliphatic rings. The largest absolute Gasteiger partial charge is 0.381 e. The molecule has 0 bridgehead atoms. The van der Waals surface area contributed by atoms with Crippen LogP contribution in [-0.2, 0) is 4.74 Å². The van der Waals surface area contributed by atoms with Gasteiger partial charge in [-0.1, -0.05) is 10.9 Å². The van der Waals surface area contributed by atoms with Crippen molar-refractivity contribution < 1.29 is 4.74 Å². The van der Waals surface area contributed by atoms with Gasteiger partial charge in [0.2, 0.25) is 0 Å². The van der Waals surface area contributed by atoms with Gasteiger partial charge in [-0.2, -0.15) is 0 Å². The molecule has 6 heteroatoms. The predicted octanol–water partition coefficient (Wildman–Crippen LogP) is 2.53. The standard InChI is InChI=1S/C16H28N4OS/c1-13(15-14(2)18-19-22-15)17-12-16(6-10-21-11-7-16)20-8-4-3-5-9-20/h13,17H,3-12H2,1-2H3. The second-order valence-corrected chi connectivity index (χ2v) is 7.50. The number of aromatic nitrogens is 2. The van der Waals surface area contributed by atoms with Gasteiger partial charge in [-0.25, -0.2) is 0 Å². The van der Waals surface area contributed by atoms with E-state index in [1.54, 1.807) is 0 Å². The normalized spacial score (nSPS) is 24.3. The van der Waals surface area contributed by atoms with Crippen LogP contribution in [-0.4, -0.2) is 52.9 Å². The third-order valence-electron chi connectivity index (χ3n) is 5.27. The fraction of sp³-hybridized carbons (Fsp3) is 0.875. The number of rotatable bonds is 5. The highest BCUT2D eigenvalue weighted by molar-refractivity contribution is 7.05. The van der Waals surface area contributed by atoms with Gasteiger partial charge in [-0.05, 0) is 64.2 Å². The van der Waals surface area contributed by atoms with E-state index in [4.69, 9.17) is 4.74 Å². The summed E-state index contributed by atoms with van der Waals surface area (Å²) in [7, 11) is 0. The van der Waals surface area contributed by atoms with Crippen molar-refractivity contribution in [2.24, 2.45) is 0 Å². The summed E-state index contributed by atoms with van der Waals surface area (Å²) >= 11 is 1.52. The zero-order valence-corrected chi connectivity index (χ0v) is 14.6. The Balaban J connectivity index is 1.66. The summed E-state index contributed by atoms with van der Waals surface area (Å²) in [5.74, 6) is 0. The third-order valence-corrected chi connectivity index (χ3v) is 6.28. The third kappa shape index (κ3) is 3.50. The maximum absolute atomic E-state index is 5.64. The van der Waals surface area contributed by atoms with Crippen LogP contribution in [0.2, 0.25) is 0 Å². The average molecular weight is 324 g/mol. The van der Waals surface area contributed by atoms with E-state index in [1.165, 1.54) is 48.8 Å². The Bertz CT molecular complexity index is 466. The molecule has 0 aliphatic carbocycles. The van der Waals surface area contributed by atoms with E-state index >= 15 is 0 Å². The molecular weight excluding hydrogens is 296 g/mol. The lowest BCUT2D eigenvalue weighted by atomic mass is 9.86. The Kier molecular flexibility index (Phi) is 5.44. The fourth-order valence-corrected chi connectivity index (χ4v) is 4.46. The van der Waals surface area contributed by atoms with Crippen molar-refractivity contribution >= 4 is 11.5 Å². The SMILES string of the molecule is Cc1nnsc1C(C)NCC1(N2CCCCC2)CCOCC1. The van der Waals surface area contributed by atoms with Crippen LogP contribution in [0.25, 0.3) is 0 Å². The first-order valence-electron chi connectivity index (χ1n) is 8.56. The van der Waals surface area contributed by atoms with Crippen molar-refractivity contribution in [3.63, 3.8) is 0 Å². The van der Waals surface area contributed by atoms with Gasteiger partial charge in [-0.15, -0.1) is 5.10 Å². The minimum Gasteiger partial charge on any atom is -0.381 e. The molecule has 1 N–H and O–H groups in total. The van der Waals surface area contributed by atoms with Gasteiger partial charge in [0.25, 0.3) is 0 Å². The topological polar surface area (TPSA) is 50.3 Å². The van der Waals surface area contributed by atoms with Gasteiger partial charge in [0.1, 0.15) is 0 Å². The second-order valence-electron chi connectivity index (χ2n) is 6.71. The molecule has 0 radical (unpaired) electrons. The molecule has 0 aromatic carbocycles. The fourth-order valence-electron chi connectivity index (χ4n) is 3.79. The summed E-state index contributed by atoms with van der Waals surface area (Å²) in [6, 6.07) is 0.324. The number of aryl methyl sites for hydroxylation is 1. The molecule has 1 aromatic heterocycles. The molecular formula is C16H28N4OS. The summed E-state index contributed by atoms with van der Waals surface area (Å²) in [4.78, 5) is 4.00. The van der Waals surface area contributed by atoms with E-state index in [-0.39, 0.29) is 5.54 Å². The van der Waals surface area contributed by atoms with Crippen molar-refractivity contribution in [1.82, 2.24) is 19.8 Å². The van der Waals surface area contributed by atoms with E-state index in [1.807, 2.05) is 6.92 Å². The quantitative estimate of drug-likeness (QED) is 0.902. The first-order valence-corrected chi connectivity index (χ1v) is 9.34. The first kappa shape index (κ1) is 16.3. The highest BCUT2D eigenvalue weighted by Gasteiger charge is 2.39. The molecule has 2 aliphatic heterocycles.